The number of carbonyl (C=O) groups excluding carboxylic acids is 2. The van der Waals surface area contributed by atoms with Crippen molar-refractivity contribution in [3.05, 3.63) is 70.2 Å². The molecule has 2 heterocycles. The number of anilines is 1. The van der Waals surface area contributed by atoms with E-state index in [-0.39, 0.29) is 17.2 Å². The van der Waals surface area contributed by atoms with Crippen LogP contribution in [-0.2, 0) is 27.6 Å². The zero-order valence-electron chi connectivity index (χ0n) is 18.4. The van der Waals surface area contributed by atoms with Crippen molar-refractivity contribution in [2.24, 2.45) is 0 Å². The molecule has 3 aromatic rings. The topological polar surface area (TPSA) is 93.6 Å². The van der Waals surface area contributed by atoms with Gasteiger partial charge in [0.15, 0.2) is 18.1 Å². The number of sulfonamides is 1. The number of hydrogen-bond donors (Lipinski definition) is 0. The van der Waals surface area contributed by atoms with Crippen molar-refractivity contribution in [1.82, 2.24) is 4.98 Å². The average Bonchev–Trinajstić information content (AvgIpc) is 3.50. The molecule has 1 aromatic heterocycles. The second-order valence-corrected chi connectivity index (χ2v) is 10.7. The van der Waals surface area contributed by atoms with Gasteiger partial charge in [0, 0.05) is 23.1 Å². The third-order valence-electron chi connectivity index (χ3n) is 5.61. The summed E-state index contributed by atoms with van der Waals surface area (Å²) < 4.78 is 31.0. The Labute approximate surface area is 197 Å². The Bertz CT molecular complexity index is 1300. The third-order valence-corrected chi connectivity index (χ3v) is 8.28. The van der Waals surface area contributed by atoms with E-state index in [0.29, 0.717) is 29.2 Å². The molecule has 4 rings (SSSR count). The van der Waals surface area contributed by atoms with Crippen LogP contribution in [0.1, 0.15) is 45.8 Å². The lowest BCUT2D eigenvalue weighted by atomic mass is 10.1. The summed E-state index contributed by atoms with van der Waals surface area (Å²) in [6.07, 6.45) is 1.49. The van der Waals surface area contributed by atoms with Gasteiger partial charge in [0.2, 0.25) is 10.0 Å². The second kappa shape index (κ2) is 9.44. The molecule has 0 N–H and O–H groups in total. The molecule has 172 valence electrons. The van der Waals surface area contributed by atoms with Crippen molar-refractivity contribution in [2.45, 2.75) is 26.7 Å². The maximum atomic E-state index is 12.6. The van der Waals surface area contributed by atoms with Gasteiger partial charge >= 0.3 is 5.97 Å². The molecule has 0 amide bonds. The van der Waals surface area contributed by atoms with Crippen molar-refractivity contribution in [1.29, 1.82) is 0 Å². The monoisotopic (exact) mass is 484 g/mol. The molecule has 9 heteroatoms. The van der Waals surface area contributed by atoms with Crippen LogP contribution in [0.25, 0.3) is 10.6 Å². The number of nitrogens with zero attached hydrogens (tertiary/aromatic N) is 2. The summed E-state index contributed by atoms with van der Waals surface area (Å²) in [5.74, 6) is -0.989. The van der Waals surface area contributed by atoms with Gasteiger partial charge in [-0.1, -0.05) is 31.2 Å². The standard InChI is InChI=1S/C24H24N2O5S2/c1-3-16-5-7-17(8-6-16)23-25-20(15-32-23)24(28)31-14-22(27)19-9-10-21-18(13-19)11-12-26(21)33(29,30)4-2/h5-10,13,15H,3-4,11-12,14H2,1-2H3. The summed E-state index contributed by atoms with van der Waals surface area (Å²) in [5, 5.41) is 2.33. The summed E-state index contributed by atoms with van der Waals surface area (Å²) in [6.45, 7) is 3.65. The molecule has 0 aliphatic carbocycles. The van der Waals surface area contributed by atoms with E-state index in [1.807, 2.05) is 24.3 Å². The lowest BCUT2D eigenvalue weighted by Gasteiger charge is -2.18. The highest BCUT2D eigenvalue weighted by Crippen LogP contribution is 2.31. The molecule has 1 aliphatic heterocycles. The molecule has 33 heavy (non-hydrogen) atoms. The molecule has 0 unspecified atom stereocenters. The third kappa shape index (κ3) is 4.84. The van der Waals surface area contributed by atoms with Gasteiger partial charge < -0.3 is 4.74 Å². The molecule has 0 atom stereocenters. The van der Waals surface area contributed by atoms with Crippen molar-refractivity contribution >= 4 is 38.8 Å². The Kier molecular flexibility index (Phi) is 6.62. The number of aromatic nitrogens is 1. The predicted molar refractivity (Wildman–Crippen MR) is 128 cm³/mol. The largest absolute Gasteiger partial charge is 0.453 e. The van der Waals surface area contributed by atoms with E-state index in [9.17, 15) is 18.0 Å². The average molecular weight is 485 g/mol. The fourth-order valence-electron chi connectivity index (χ4n) is 3.66. The van der Waals surface area contributed by atoms with E-state index < -0.39 is 22.6 Å². The first-order chi connectivity index (χ1) is 15.8. The van der Waals surface area contributed by atoms with Crippen molar-refractivity contribution in [2.75, 3.05) is 23.2 Å². The molecule has 7 nitrogen and oxygen atoms in total. The van der Waals surface area contributed by atoms with Gasteiger partial charge in [-0.3, -0.25) is 9.10 Å². The van der Waals surface area contributed by atoms with Crippen LogP contribution in [0.15, 0.2) is 47.8 Å². The quantitative estimate of drug-likeness (QED) is 0.353. The first-order valence-corrected chi connectivity index (χ1v) is 13.2. The molecule has 0 bridgehead atoms. The van der Waals surface area contributed by atoms with E-state index in [2.05, 4.69) is 11.9 Å². The minimum atomic E-state index is -3.35. The van der Waals surface area contributed by atoms with Crippen LogP contribution in [0, 0.1) is 0 Å². The summed E-state index contributed by atoms with van der Waals surface area (Å²) in [4.78, 5) is 29.3. The number of thiazole rings is 1. The number of aryl methyl sites for hydroxylation is 1. The Morgan fingerprint density at radius 3 is 2.58 bits per heavy atom. The lowest BCUT2D eigenvalue weighted by Crippen LogP contribution is -2.30. The zero-order chi connectivity index (χ0) is 23.6. The number of rotatable bonds is 8. The summed E-state index contributed by atoms with van der Waals surface area (Å²) in [7, 11) is -3.35. The zero-order valence-corrected chi connectivity index (χ0v) is 20.0. The first kappa shape index (κ1) is 23.1. The number of carbonyl (C=O) groups is 2. The lowest BCUT2D eigenvalue weighted by molar-refractivity contribution is 0.0470. The number of ketones is 1. The van der Waals surface area contributed by atoms with Gasteiger partial charge in [-0.15, -0.1) is 11.3 Å². The van der Waals surface area contributed by atoms with Crippen LogP contribution in [0.3, 0.4) is 0 Å². The Morgan fingerprint density at radius 2 is 1.88 bits per heavy atom. The van der Waals surface area contributed by atoms with Crippen LogP contribution in [-0.4, -0.2) is 44.1 Å². The highest BCUT2D eigenvalue weighted by Gasteiger charge is 2.28. The smallest absolute Gasteiger partial charge is 0.358 e. The van der Waals surface area contributed by atoms with E-state index in [1.54, 1.807) is 30.5 Å². The van der Waals surface area contributed by atoms with E-state index in [0.717, 1.165) is 17.5 Å². The number of benzene rings is 2. The Balaban J connectivity index is 1.39. The Hall–Kier alpha value is -3.04. The summed E-state index contributed by atoms with van der Waals surface area (Å²) >= 11 is 1.34. The molecular weight excluding hydrogens is 460 g/mol. The number of ether oxygens (including phenoxy) is 1. The van der Waals surface area contributed by atoms with Gasteiger partial charge in [-0.05, 0) is 49.1 Å². The SMILES string of the molecule is CCc1ccc(-c2nc(C(=O)OCC(=O)c3ccc4c(c3)CCN4S(=O)(=O)CC)cs2)cc1. The number of Topliss-reactive ketones (excluding diaryl/α,β-unsaturated/α-hetero) is 1. The van der Waals surface area contributed by atoms with Gasteiger partial charge in [-0.25, -0.2) is 18.2 Å². The number of esters is 1. The molecule has 0 saturated heterocycles. The summed E-state index contributed by atoms with van der Waals surface area (Å²) in [6, 6.07) is 12.9. The van der Waals surface area contributed by atoms with Gasteiger partial charge in [-0.2, -0.15) is 0 Å². The van der Waals surface area contributed by atoms with Crippen LogP contribution >= 0.6 is 11.3 Å². The molecule has 0 spiro atoms. The van der Waals surface area contributed by atoms with Crippen LogP contribution < -0.4 is 4.31 Å². The highest BCUT2D eigenvalue weighted by atomic mass is 32.2. The molecular formula is C24H24N2O5S2. The molecule has 0 saturated carbocycles. The van der Waals surface area contributed by atoms with Crippen molar-refractivity contribution in [3.8, 4) is 10.6 Å². The molecule has 0 fully saturated rings. The minimum absolute atomic E-state index is 0.0193. The Morgan fingerprint density at radius 1 is 1.12 bits per heavy atom. The normalized spacial score (nSPS) is 13.1. The van der Waals surface area contributed by atoms with Gasteiger partial charge in [0.25, 0.3) is 0 Å². The van der Waals surface area contributed by atoms with Crippen LogP contribution in [0.4, 0.5) is 5.69 Å². The van der Waals surface area contributed by atoms with Crippen molar-refractivity contribution in [3.63, 3.8) is 0 Å². The number of fused-ring (bicyclic) bond motifs is 1. The van der Waals surface area contributed by atoms with E-state index in [4.69, 9.17) is 4.74 Å². The summed E-state index contributed by atoms with van der Waals surface area (Å²) in [5.41, 5.74) is 4.09. The predicted octanol–water partition coefficient (Wildman–Crippen LogP) is 4.12. The maximum absolute atomic E-state index is 12.6. The van der Waals surface area contributed by atoms with Gasteiger partial charge in [0.1, 0.15) is 5.01 Å². The number of hydrogen-bond acceptors (Lipinski definition) is 7. The van der Waals surface area contributed by atoms with Gasteiger partial charge in [0.05, 0.1) is 11.4 Å². The fraction of sp³-hybridized carbons (Fsp3) is 0.292. The van der Waals surface area contributed by atoms with E-state index >= 15 is 0 Å². The molecule has 1 aliphatic rings. The maximum Gasteiger partial charge on any atom is 0.358 e. The van der Waals surface area contributed by atoms with Crippen LogP contribution in [0.5, 0.6) is 0 Å². The first-order valence-electron chi connectivity index (χ1n) is 10.7. The second-order valence-electron chi connectivity index (χ2n) is 7.65. The van der Waals surface area contributed by atoms with Crippen molar-refractivity contribution < 1.29 is 22.7 Å². The van der Waals surface area contributed by atoms with E-state index in [1.165, 1.54) is 21.2 Å². The molecule has 2 aromatic carbocycles. The fourth-order valence-corrected chi connectivity index (χ4v) is 5.62. The minimum Gasteiger partial charge on any atom is -0.453 e. The highest BCUT2D eigenvalue weighted by molar-refractivity contribution is 7.92. The molecule has 0 radical (unpaired) electrons. The van der Waals surface area contributed by atoms with Crippen LogP contribution in [0.2, 0.25) is 0 Å².